The van der Waals surface area contributed by atoms with Gasteiger partial charge in [0, 0.05) is 24.4 Å². The highest BCUT2D eigenvalue weighted by Crippen LogP contribution is 2.23. The number of fused-ring (bicyclic) bond motifs is 1. The maximum atomic E-state index is 12.6. The van der Waals surface area contributed by atoms with Gasteiger partial charge >= 0.3 is 0 Å². The summed E-state index contributed by atoms with van der Waals surface area (Å²) in [7, 11) is 0. The largest absolute Gasteiger partial charge is 0.370 e. The molecule has 22 heavy (non-hydrogen) atoms. The second-order valence-electron chi connectivity index (χ2n) is 5.71. The molecule has 1 atom stereocenters. The van der Waals surface area contributed by atoms with Crippen molar-refractivity contribution in [1.82, 2.24) is 10.1 Å². The predicted octanol–water partition coefficient (Wildman–Crippen LogP) is 1.63. The fourth-order valence-corrected chi connectivity index (χ4v) is 3.08. The summed E-state index contributed by atoms with van der Waals surface area (Å²) in [5.74, 6) is -0.387. The van der Waals surface area contributed by atoms with Crippen LogP contribution in [0.15, 0.2) is 28.8 Å². The van der Waals surface area contributed by atoms with E-state index in [0.29, 0.717) is 17.8 Å². The van der Waals surface area contributed by atoms with E-state index in [1.807, 2.05) is 24.3 Å². The van der Waals surface area contributed by atoms with Crippen LogP contribution in [0.4, 0.5) is 0 Å². The smallest absolute Gasteiger partial charge is 0.229 e. The summed E-state index contributed by atoms with van der Waals surface area (Å²) in [6, 6.07) is 7.40. The third kappa shape index (κ3) is 2.95. The van der Waals surface area contributed by atoms with E-state index in [9.17, 15) is 9.59 Å². The lowest BCUT2D eigenvalue weighted by atomic mass is 9.98. The van der Waals surface area contributed by atoms with Crippen LogP contribution in [-0.2, 0) is 16.0 Å². The summed E-state index contributed by atoms with van der Waals surface area (Å²) in [5, 5.41) is 4.86. The maximum absolute atomic E-state index is 12.6. The molecule has 2 aromatic rings. The highest BCUT2D eigenvalue weighted by molar-refractivity contribution is 5.86. The van der Waals surface area contributed by atoms with Crippen molar-refractivity contribution in [3.8, 4) is 0 Å². The molecule has 0 saturated carbocycles. The summed E-state index contributed by atoms with van der Waals surface area (Å²) in [6.45, 7) is 0.673. The van der Waals surface area contributed by atoms with Gasteiger partial charge in [0.05, 0.1) is 6.42 Å². The van der Waals surface area contributed by atoms with E-state index in [-0.39, 0.29) is 30.7 Å². The molecule has 0 bridgehead atoms. The first-order valence-corrected chi connectivity index (χ1v) is 7.56. The van der Waals surface area contributed by atoms with E-state index in [4.69, 9.17) is 10.3 Å². The van der Waals surface area contributed by atoms with Crippen molar-refractivity contribution in [3.05, 3.63) is 30.0 Å². The van der Waals surface area contributed by atoms with E-state index in [1.165, 1.54) is 0 Å². The van der Waals surface area contributed by atoms with Crippen LogP contribution >= 0.6 is 0 Å². The van der Waals surface area contributed by atoms with Crippen molar-refractivity contribution < 1.29 is 14.1 Å². The molecule has 1 fully saturated rings. The Morgan fingerprint density at radius 3 is 2.95 bits per heavy atom. The van der Waals surface area contributed by atoms with Crippen LogP contribution in [0, 0.1) is 0 Å². The number of amides is 2. The average Bonchev–Trinajstić information content (AvgIpc) is 2.90. The zero-order chi connectivity index (χ0) is 15.5. The van der Waals surface area contributed by atoms with E-state index >= 15 is 0 Å². The Bertz CT molecular complexity index is 695. The van der Waals surface area contributed by atoms with Gasteiger partial charge in [-0.1, -0.05) is 17.3 Å². The number of carbonyl (C=O) groups excluding carboxylic acids is 2. The monoisotopic (exact) mass is 301 g/mol. The third-order valence-corrected chi connectivity index (χ3v) is 4.16. The fraction of sp³-hybridized carbons (Fsp3) is 0.438. The van der Waals surface area contributed by atoms with E-state index < -0.39 is 0 Å². The lowest BCUT2D eigenvalue weighted by Gasteiger charge is -2.35. The van der Waals surface area contributed by atoms with E-state index in [2.05, 4.69) is 5.16 Å². The molecule has 1 aromatic carbocycles. The van der Waals surface area contributed by atoms with E-state index in [1.54, 1.807) is 4.90 Å². The number of rotatable bonds is 4. The molecule has 0 unspecified atom stereocenters. The first kappa shape index (κ1) is 14.6. The van der Waals surface area contributed by atoms with Crippen LogP contribution in [0.1, 0.15) is 31.4 Å². The van der Waals surface area contributed by atoms with Gasteiger partial charge in [-0.05, 0) is 31.4 Å². The van der Waals surface area contributed by atoms with Gasteiger partial charge < -0.3 is 15.2 Å². The van der Waals surface area contributed by atoms with Crippen molar-refractivity contribution >= 4 is 22.8 Å². The molecular formula is C16H19N3O3. The normalized spacial score (nSPS) is 18.5. The van der Waals surface area contributed by atoms with Crippen LogP contribution in [0.3, 0.4) is 0 Å². The number of likely N-dealkylation sites (tertiary alicyclic amines) is 1. The molecule has 6 nitrogen and oxygen atoms in total. The summed E-state index contributed by atoms with van der Waals surface area (Å²) in [6.07, 6.45) is 3.22. The lowest BCUT2D eigenvalue weighted by Crippen LogP contribution is -2.46. The molecule has 1 aliphatic rings. The van der Waals surface area contributed by atoms with Gasteiger partial charge in [-0.2, -0.15) is 0 Å². The molecule has 1 aliphatic heterocycles. The topological polar surface area (TPSA) is 89.4 Å². The molecule has 0 radical (unpaired) electrons. The summed E-state index contributed by atoms with van der Waals surface area (Å²) in [4.78, 5) is 25.6. The second kappa shape index (κ2) is 6.17. The number of piperidine rings is 1. The van der Waals surface area contributed by atoms with Gasteiger partial charge in [0.15, 0.2) is 5.58 Å². The zero-order valence-corrected chi connectivity index (χ0v) is 12.3. The van der Waals surface area contributed by atoms with Gasteiger partial charge in [0.25, 0.3) is 0 Å². The third-order valence-electron chi connectivity index (χ3n) is 4.16. The van der Waals surface area contributed by atoms with Crippen LogP contribution in [0.25, 0.3) is 11.0 Å². The molecule has 2 N–H and O–H groups in total. The minimum atomic E-state index is -0.364. The average molecular weight is 301 g/mol. The van der Waals surface area contributed by atoms with Crippen LogP contribution in [0.2, 0.25) is 0 Å². The molecular weight excluding hydrogens is 282 g/mol. The second-order valence-corrected chi connectivity index (χ2v) is 5.71. The number of para-hydroxylation sites is 1. The molecule has 3 rings (SSSR count). The number of nitrogens with two attached hydrogens (primary N) is 1. The van der Waals surface area contributed by atoms with Gasteiger partial charge in [-0.15, -0.1) is 0 Å². The van der Waals surface area contributed by atoms with Crippen molar-refractivity contribution in [2.24, 2.45) is 5.73 Å². The molecule has 2 heterocycles. The number of hydrogen-bond acceptors (Lipinski definition) is 4. The zero-order valence-electron chi connectivity index (χ0n) is 12.3. The summed E-state index contributed by atoms with van der Waals surface area (Å²) >= 11 is 0. The Morgan fingerprint density at radius 1 is 1.32 bits per heavy atom. The van der Waals surface area contributed by atoms with Gasteiger partial charge in [-0.25, -0.2) is 0 Å². The lowest BCUT2D eigenvalue weighted by molar-refractivity contribution is -0.135. The van der Waals surface area contributed by atoms with Crippen molar-refractivity contribution in [2.75, 3.05) is 6.54 Å². The van der Waals surface area contributed by atoms with Gasteiger partial charge in [-0.3, -0.25) is 9.59 Å². The number of hydrogen-bond donors (Lipinski definition) is 1. The van der Waals surface area contributed by atoms with Crippen LogP contribution in [-0.4, -0.2) is 34.5 Å². The van der Waals surface area contributed by atoms with Crippen molar-refractivity contribution in [1.29, 1.82) is 0 Å². The maximum Gasteiger partial charge on any atom is 0.229 e. The molecule has 2 amide bonds. The fourth-order valence-electron chi connectivity index (χ4n) is 3.08. The quantitative estimate of drug-likeness (QED) is 0.929. The Labute approximate surface area is 128 Å². The summed E-state index contributed by atoms with van der Waals surface area (Å²) in [5.41, 5.74) is 6.61. The number of nitrogens with zero attached hydrogens (tertiary/aromatic N) is 2. The number of primary amides is 1. The minimum Gasteiger partial charge on any atom is -0.370 e. The Kier molecular flexibility index (Phi) is 4.09. The Balaban J connectivity index is 1.76. The van der Waals surface area contributed by atoms with Crippen molar-refractivity contribution in [3.63, 3.8) is 0 Å². The molecule has 116 valence electrons. The Hall–Kier alpha value is -2.37. The van der Waals surface area contributed by atoms with E-state index in [0.717, 1.165) is 24.6 Å². The van der Waals surface area contributed by atoms with Crippen LogP contribution < -0.4 is 5.73 Å². The summed E-state index contributed by atoms with van der Waals surface area (Å²) < 4.78 is 5.23. The highest BCUT2D eigenvalue weighted by atomic mass is 16.5. The highest BCUT2D eigenvalue weighted by Gasteiger charge is 2.28. The molecule has 1 aromatic heterocycles. The molecule has 1 saturated heterocycles. The van der Waals surface area contributed by atoms with Crippen LogP contribution in [0.5, 0.6) is 0 Å². The van der Waals surface area contributed by atoms with Gasteiger partial charge in [0.2, 0.25) is 11.8 Å². The standard InChI is InChI=1S/C16H19N3O3/c17-15(20)9-11-5-3-4-8-19(11)16(21)10-13-12-6-1-2-7-14(12)22-18-13/h1-2,6-7,11H,3-5,8-10H2,(H2,17,20)/t11-/m1/s1. The Morgan fingerprint density at radius 2 is 2.14 bits per heavy atom. The predicted molar refractivity (Wildman–Crippen MR) is 80.9 cm³/mol. The van der Waals surface area contributed by atoms with Crippen molar-refractivity contribution in [2.45, 2.75) is 38.1 Å². The number of carbonyl (C=O) groups is 2. The molecule has 6 heteroatoms. The number of aromatic nitrogens is 1. The minimum absolute atomic E-state index is 0.0231. The molecule has 0 spiro atoms. The first-order valence-electron chi connectivity index (χ1n) is 7.56. The molecule has 0 aliphatic carbocycles. The first-order chi connectivity index (χ1) is 10.6. The SMILES string of the molecule is NC(=O)C[C@H]1CCCCN1C(=O)Cc1noc2ccccc12. The van der Waals surface area contributed by atoms with Gasteiger partial charge in [0.1, 0.15) is 5.69 Å². The number of benzene rings is 1.